The van der Waals surface area contributed by atoms with Gasteiger partial charge in [0.05, 0.1) is 50.2 Å². The molecular formula is C18H25ClN3OS+. The molecule has 24 heavy (non-hydrogen) atoms. The molecule has 2 rings (SSSR count). The van der Waals surface area contributed by atoms with E-state index in [1.54, 1.807) is 6.26 Å². The molecule has 0 fully saturated rings. The van der Waals surface area contributed by atoms with Gasteiger partial charge in [-0.25, -0.2) is 0 Å². The average Bonchev–Trinajstić information content (AvgIpc) is 3.04. The lowest BCUT2D eigenvalue weighted by molar-refractivity contribution is -0.857. The van der Waals surface area contributed by atoms with Gasteiger partial charge in [0.2, 0.25) is 0 Å². The Labute approximate surface area is 154 Å². The Morgan fingerprint density at radius 2 is 2.12 bits per heavy atom. The molecule has 1 aromatic heterocycles. The number of nitrogens with zero attached hydrogens (tertiary/aromatic N) is 1. The van der Waals surface area contributed by atoms with Crippen molar-refractivity contribution < 1.29 is 9.32 Å². The maximum absolute atomic E-state index is 6.32. The van der Waals surface area contributed by atoms with Crippen LogP contribution in [0.5, 0.6) is 0 Å². The number of quaternary nitrogens is 1. The Morgan fingerprint density at radius 3 is 2.71 bits per heavy atom. The molecule has 0 saturated carbocycles. The zero-order valence-electron chi connectivity index (χ0n) is 14.6. The van der Waals surface area contributed by atoms with E-state index in [4.69, 9.17) is 28.2 Å². The second-order valence-electron chi connectivity index (χ2n) is 6.26. The van der Waals surface area contributed by atoms with Crippen molar-refractivity contribution in [1.82, 2.24) is 4.90 Å². The van der Waals surface area contributed by atoms with E-state index >= 15 is 0 Å². The molecule has 1 aromatic carbocycles. The molecule has 1 atom stereocenters. The Morgan fingerprint density at radius 1 is 1.38 bits per heavy atom. The van der Waals surface area contributed by atoms with Crippen LogP contribution in [0.4, 0.5) is 5.69 Å². The standard InChI is InChI=1S/C18H24ClN3OS/c1-13-7-8-16(15(19)12-13)20-18(24)22(10-9-21(3)4)14(2)17-6-5-11-23-17/h5-8,11-12,14H,9-10H2,1-4H3,(H,20,24)/p+1. The van der Waals surface area contributed by atoms with Gasteiger partial charge in [-0.15, -0.1) is 0 Å². The average molecular weight is 367 g/mol. The molecule has 2 aromatic rings. The Bertz CT molecular complexity index is 673. The summed E-state index contributed by atoms with van der Waals surface area (Å²) in [7, 11) is 4.26. The van der Waals surface area contributed by atoms with Crippen molar-refractivity contribution in [2.45, 2.75) is 19.9 Å². The maximum atomic E-state index is 6.32. The number of aryl methyl sites for hydroxylation is 1. The molecule has 0 spiro atoms. The van der Waals surface area contributed by atoms with E-state index in [0.29, 0.717) is 10.1 Å². The molecule has 1 heterocycles. The number of benzene rings is 1. The summed E-state index contributed by atoms with van der Waals surface area (Å²) in [5.41, 5.74) is 1.94. The molecule has 0 amide bonds. The summed E-state index contributed by atoms with van der Waals surface area (Å²) in [4.78, 5) is 3.50. The molecule has 6 heteroatoms. The van der Waals surface area contributed by atoms with Gasteiger partial charge in [-0.3, -0.25) is 0 Å². The zero-order valence-corrected chi connectivity index (χ0v) is 16.2. The molecule has 0 saturated heterocycles. The van der Waals surface area contributed by atoms with E-state index in [1.165, 1.54) is 4.90 Å². The van der Waals surface area contributed by atoms with Crippen molar-refractivity contribution >= 4 is 34.6 Å². The number of hydrogen-bond acceptors (Lipinski definition) is 2. The molecule has 0 aliphatic carbocycles. The van der Waals surface area contributed by atoms with Gasteiger partial charge >= 0.3 is 0 Å². The minimum atomic E-state index is 0.0450. The van der Waals surface area contributed by atoms with Crippen LogP contribution in [0.15, 0.2) is 41.0 Å². The summed E-state index contributed by atoms with van der Waals surface area (Å²) >= 11 is 12.0. The van der Waals surface area contributed by atoms with Gasteiger partial charge in [0, 0.05) is 0 Å². The Balaban J connectivity index is 2.17. The fourth-order valence-corrected chi connectivity index (χ4v) is 3.05. The van der Waals surface area contributed by atoms with Crippen molar-refractivity contribution in [1.29, 1.82) is 0 Å². The van der Waals surface area contributed by atoms with Gasteiger partial charge in [0.25, 0.3) is 0 Å². The lowest BCUT2D eigenvalue weighted by Gasteiger charge is -2.31. The minimum Gasteiger partial charge on any atom is -0.467 e. The number of nitrogens with one attached hydrogen (secondary N) is 2. The summed E-state index contributed by atoms with van der Waals surface area (Å²) in [5.74, 6) is 0.892. The summed E-state index contributed by atoms with van der Waals surface area (Å²) in [6, 6.07) is 9.81. The van der Waals surface area contributed by atoms with Crippen LogP contribution in [-0.2, 0) is 0 Å². The van der Waals surface area contributed by atoms with Crippen LogP contribution in [0.2, 0.25) is 5.02 Å². The quantitative estimate of drug-likeness (QED) is 0.769. The fraction of sp³-hybridized carbons (Fsp3) is 0.389. The van der Waals surface area contributed by atoms with Crippen LogP contribution in [0, 0.1) is 6.92 Å². The van der Waals surface area contributed by atoms with Crippen molar-refractivity contribution in [2.75, 3.05) is 32.5 Å². The number of halogens is 1. The Kier molecular flexibility index (Phi) is 6.66. The van der Waals surface area contributed by atoms with E-state index in [0.717, 1.165) is 30.1 Å². The summed E-state index contributed by atoms with van der Waals surface area (Å²) in [5, 5.41) is 4.59. The highest BCUT2D eigenvalue weighted by atomic mass is 35.5. The van der Waals surface area contributed by atoms with Crippen LogP contribution < -0.4 is 10.2 Å². The van der Waals surface area contributed by atoms with Crippen LogP contribution >= 0.6 is 23.8 Å². The lowest BCUT2D eigenvalue weighted by Crippen LogP contribution is -3.06. The van der Waals surface area contributed by atoms with E-state index in [1.807, 2.05) is 37.3 Å². The highest BCUT2D eigenvalue weighted by molar-refractivity contribution is 7.80. The first-order valence-electron chi connectivity index (χ1n) is 8.04. The van der Waals surface area contributed by atoms with E-state index in [2.05, 4.69) is 31.2 Å². The van der Waals surface area contributed by atoms with Gasteiger partial charge in [-0.2, -0.15) is 0 Å². The monoisotopic (exact) mass is 366 g/mol. The molecular weight excluding hydrogens is 342 g/mol. The fourth-order valence-electron chi connectivity index (χ4n) is 2.41. The molecule has 1 unspecified atom stereocenters. The SMILES string of the molecule is Cc1ccc(NC(=S)N(CC[NH+](C)C)C(C)c2ccco2)c(Cl)c1. The number of anilines is 1. The normalized spacial score (nSPS) is 12.2. The molecule has 0 aliphatic rings. The van der Waals surface area contributed by atoms with E-state index in [-0.39, 0.29) is 6.04 Å². The highest BCUT2D eigenvalue weighted by Crippen LogP contribution is 2.25. The number of likely N-dealkylation sites (N-methyl/N-ethyl adjacent to an activating group) is 1. The third-order valence-corrected chi connectivity index (χ3v) is 4.55. The third-order valence-electron chi connectivity index (χ3n) is 3.90. The van der Waals surface area contributed by atoms with Gasteiger partial charge in [-0.1, -0.05) is 17.7 Å². The first-order valence-corrected chi connectivity index (χ1v) is 8.83. The first-order chi connectivity index (χ1) is 11.4. The van der Waals surface area contributed by atoms with Gasteiger partial charge in [0.1, 0.15) is 5.76 Å². The van der Waals surface area contributed by atoms with Crippen molar-refractivity contribution in [3.63, 3.8) is 0 Å². The minimum absolute atomic E-state index is 0.0450. The number of hydrogen-bond donors (Lipinski definition) is 2. The smallest absolute Gasteiger partial charge is 0.174 e. The zero-order chi connectivity index (χ0) is 17.7. The van der Waals surface area contributed by atoms with Crippen LogP contribution in [0.25, 0.3) is 0 Å². The topological polar surface area (TPSA) is 32.9 Å². The lowest BCUT2D eigenvalue weighted by atomic mass is 10.2. The second-order valence-corrected chi connectivity index (χ2v) is 7.05. The molecule has 0 aliphatic heterocycles. The predicted molar refractivity (Wildman–Crippen MR) is 104 cm³/mol. The molecule has 2 N–H and O–H groups in total. The van der Waals surface area contributed by atoms with Gasteiger partial charge in [0.15, 0.2) is 5.11 Å². The Hall–Kier alpha value is -1.56. The van der Waals surface area contributed by atoms with E-state index in [9.17, 15) is 0 Å². The van der Waals surface area contributed by atoms with Crippen LogP contribution in [0.3, 0.4) is 0 Å². The third kappa shape index (κ3) is 4.97. The number of furan rings is 1. The first kappa shape index (κ1) is 18.8. The van der Waals surface area contributed by atoms with Crippen LogP contribution in [0.1, 0.15) is 24.3 Å². The largest absolute Gasteiger partial charge is 0.467 e. The summed E-state index contributed by atoms with van der Waals surface area (Å²) in [6.07, 6.45) is 1.69. The molecule has 130 valence electrons. The molecule has 4 nitrogen and oxygen atoms in total. The number of rotatable bonds is 6. The summed E-state index contributed by atoms with van der Waals surface area (Å²) in [6.45, 7) is 5.89. The van der Waals surface area contributed by atoms with Crippen molar-refractivity contribution in [3.8, 4) is 0 Å². The maximum Gasteiger partial charge on any atom is 0.174 e. The predicted octanol–water partition coefficient (Wildman–Crippen LogP) is 3.15. The highest BCUT2D eigenvalue weighted by Gasteiger charge is 2.22. The second kappa shape index (κ2) is 8.51. The van der Waals surface area contributed by atoms with E-state index < -0.39 is 0 Å². The van der Waals surface area contributed by atoms with Crippen LogP contribution in [-0.4, -0.2) is 37.2 Å². The van der Waals surface area contributed by atoms with Crippen molar-refractivity contribution in [2.24, 2.45) is 0 Å². The van der Waals surface area contributed by atoms with Gasteiger partial charge in [-0.05, 0) is 55.9 Å². The molecule has 0 radical (unpaired) electrons. The molecule has 0 bridgehead atoms. The van der Waals surface area contributed by atoms with Gasteiger partial charge < -0.3 is 19.5 Å². The summed E-state index contributed by atoms with van der Waals surface area (Å²) < 4.78 is 5.56. The number of thiocarbonyl (C=S) groups is 1. The van der Waals surface area contributed by atoms with Crippen molar-refractivity contribution in [3.05, 3.63) is 52.9 Å².